The first-order valence-electron chi connectivity index (χ1n) is 13.0. The fourth-order valence-electron chi connectivity index (χ4n) is 3.92. The fourth-order valence-corrected chi connectivity index (χ4v) is 3.92. The second kappa shape index (κ2) is 13.4. The van der Waals surface area contributed by atoms with Gasteiger partial charge >= 0.3 is 6.03 Å². The van der Waals surface area contributed by atoms with Crippen molar-refractivity contribution in [3.05, 3.63) is 89.0 Å². The molecule has 0 radical (unpaired) electrons. The van der Waals surface area contributed by atoms with Gasteiger partial charge in [0.25, 0.3) is 11.8 Å². The summed E-state index contributed by atoms with van der Waals surface area (Å²) in [6.45, 7) is 7.64. The van der Waals surface area contributed by atoms with E-state index in [9.17, 15) is 14.4 Å². The van der Waals surface area contributed by atoms with Gasteiger partial charge in [-0.15, -0.1) is 0 Å². The van der Waals surface area contributed by atoms with E-state index in [-0.39, 0.29) is 5.57 Å². The van der Waals surface area contributed by atoms with Crippen LogP contribution in [-0.4, -0.2) is 50.9 Å². The Morgan fingerprint density at radius 3 is 2.08 bits per heavy atom. The lowest BCUT2D eigenvalue weighted by Crippen LogP contribution is -2.54. The van der Waals surface area contributed by atoms with Crippen LogP contribution in [0.2, 0.25) is 0 Å². The van der Waals surface area contributed by atoms with Crippen LogP contribution in [0.1, 0.15) is 23.6 Å². The topological polar surface area (TPSA) is 103 Å². The zero-order valence-corrected chi connectivity index (χ0v) is 22.8. The minimum atomic E-state index is -0.793. The van der Waals surface area contributed by atoms with Crippen LogP contribution in [-0.2, 0) is 14.3 Å². The summed E-state index contributed by atoms with van der Waals surface area (Å²) in [6.07, 6.45) is 1.43. The SMILES string of the molecule is CCOc1cc(/C=C2/C(=O)NC(=O)N(c3ccc(C)cc3)C2=O)ccc1OCCOCCOc1ccc(C)cc1. The molecule has 3 aromatic carbocycles. The van der Waals surface area contributed by atoms with Crippen LogP contribution in [0.3, 0.4) is 0 Å². The standard InChI is InChI=1S/C31H32N2O7/c1-4-38-28-20-23(9-14-27(28)40-18-16-37-15-17-39-25-12-7-22(3)8-13-25)19-26-29(34)32-31(36)33(30(26)35)24-10-5-21(2)6-11-24/h5-14,19-20H,4,15-18H2,1-3H3,(H,32,34,36)/b26-19-. The number of aryl methyl sites for hydroxylation is 2. The van der Waals surface area contributed by atoms with Gasteiger partial charge in [-0.25, -0.2) is 9.69 Å². The van der Waals surface area contributed by atoms with Crippen molar-refractivity contribution in [3.63, 3.8) is 0 Å². The van der Waals surface area contributed by atoms with Crippen molar-refractivity contribution >= 4 is 29.6 Å². The van der Waals surface area contributed by atoms with Gasteiger partial charge in [0.05, 0.1) is 25.5 Å². The van der Waals surface area contributed by atoms with Gasteiger partial charge in [0.2, 0.25) is 0 Å². The number of imide groups is 2. The third-order valence-corrected chi connectivity index (χ3v) is 5.98. The maximum absolute atomic E-state index is 13.2. The number of anilines is 1. The van der Waals surface area contributed by atoms with Gasteiger partial charge in [-0.2, -0.15) is 0 Å². The molecule has 1 saturated heterocycles. The Morgan fingerprint density at radius 1 is 0.750 bits per heavy atom. The molecular weight excluding hydrogens is 512 g/mol. The van der Waals surface area contributed by atoms with Gasteiger partial charge in [-0.3, -0.25) is 14.9 Å². The van der Waals surface area contributed by atoms with Gasteiger partial charge in [-0.05, 0) is 68.8 Å². The third kappa shape index (κ3) is 7.27. The number of benzene rings is 3. The third-order valence-electron chi connectivity index (χ3n) is 5.98. The molecule has 3 aromatic rings. The molecule has 0 aliphatic carbocycles. The van der Waals surface area contributed by atoms with Crippen molar-refractivity contribution in [1.29, 1.82) is 0 Å². The lowest BCUT2D eigenvalue weighted by Gasteiger charge is -2.26. The Balaban J connectivity index is 1.36. The van der Waals surface area contributed by atoms with Gasteiger partial charge in [0, 0.05) is 0 Å². The van der Waals surface area contributed by atoms with Crippen molar-refractivity contribution in [2.75, 3.05) is 37.9 Å². The van der Waals surface area contributed by atoms with Crippen LogP contribution < -0.4 is 24.4 Å². The first kappa shape index (κ1) is 28.4. The maximum atomic E-state index is 13.2. The quantitative estimate of drug-likeness (QED) is 0.198. The monoisotopic (exact) mass is 544 g/mol. The van der Waals surface area contributed by atoms with E-state index in [1.165, 1.54) is 11.6 Å². The molecule has 4 rings (SSSR count). The smallest absolute Gasteiger partial charge is 0.335 e. The van der Waals surface area contributed by atoms with Gasteiger partial charge < -0.3 is 18.9 Å². The Morgan fingerprint density at radius 2 is 1.40 bits per heavy atom. The summed E-state index contributed by atoms with van der Waals surface area (Å²) in [4.78, 5) is 39.1. The molecule has 208 valence electrons. The summed E-state index contributed by atoms with van der Waals surface area (Å²) in [6, 6.07) is 19.0. The number of ether oxygens (including phenoxy) is 4. The highest BCUT2D eigenvalue weighted by Crippen LogP contribution is 2.30. The molecule has 1 N–H and O–H groups in total. The van der Waals surface area contributed by atoms with Crippen molar-refractivity contribution in [2.24, 2.45) is 0 Å². The number of urea groups is 1. The molecule has 0 atom stereocenters. The molecule has 0 unspecified atom stereocenters. The predicted octanol–water partition coefficient (Wildman–Crippen LogP) is 4.84. The number of rotatable bonds is 12. The lowest BCUT2D eigenvalue weighted by molar-refractivity contribution is -0.122. The van der Waals surface area contributed by atoms with E-state index in [1.54, 1.807) is 42.5 Å². The number of hydrogen-bond acceptors (Lipinski definition) is 7. The number of nitrogens with one attached hydrogen (secondary N) is 1. The van der Waals surface area contributed by atoms with E-state index < -0.39 is 17.8 Å². The zero-order chi connectivity index (χ0) is 28.5. The van der Waals surface area contributed by atoms with Crippen LogP contribution in [0, 0.1) is 13.8 Å². The summed E-state index contributed by atoms with van der Waals surface area (Å²) >= 11 is 0. The Labute approximate surface area is 233 Å². The second-order valence-electron chi connectivity index (χ2n) is 9.05. The van der Waals surface area contributed by atoms with Gasteiger partial charge in [-0.1, -0.05) is 41.5 Å². The largest absolute Gasteiger partial charge is 0.491 e. The summed E-state index contributed by atoms with van der Waals surface area (Å²) in [5, 5.41) is 2.23. The molecular formula is C31H32N2O7. The molecule has 9 nitrogen and oxygen atoms in total. The van der Waals surface area contributed by atoms with E-state index in [2.05, 4.69) is 5.32 Å². The van der Waals surface area contributed by atoms with E-state index in [4.69, 9.17) is 18.9 Å². The van der Waals surface area contributed by atoms with Crippen molar-refractivity contribution in [2.45, 2.75) is 20.8 Å². The van der Waals surface area contributed by atoms with Crippen molar-refractivity contribution in [1.82, 2.24) is 5.32 Å². The van der Waals surface area contributed by atoms with Crippen LogP contribution in [0.15, 0.2) is 72.3 Å². The summed E-state index contributed by atoms with van der Waals surface area (Å²) in [7, 11) is 0. The molecule has 40 heavy (non-hydrogen) atoms. The minimum Gasteiger partial charge on any atom is -0.491 e. The van der Waals surface area contributed by atoms with Crippen molar-refractivity contribution < 1.29 is 33.3 Å². The Hall–Kier alpha value is -4.63. The number of carbonyl (C=O) groups is 3. The van der Waals surface area contributed by atoms with E-state index in [0.29, 0.717) is 55.8 Å². The number of barbiturate groups is 1. The number of nitrogens with zero attached hydrogens (tertiary/aromatic N) is 1. The first-order valence-corrected chi connectivity index (χ1v) is 13.0. The molecule has 1 fully saturated rings. The predicted molar refractivity (Wildman–Crippen MR) is 151 cm³/mol. The zero-order valence-electron chi connectivity index (χ0n) is 22.8. The van der Waals surface area contributed by atoms with E-state index in [1.807, 2.05) is 45.0 Å². The first-order chi connectivity index (χ1) is 19.4. The second-order valence-corrected chi connectivity index (χ2v) is 9.05. The van der Waals surface area contributed by atoms with Crippen LogP contribution in [0.4, 0.5) is 10.5 Å². The Kier molecular flexibility index (Phi) is 9.53. The molecule has 1 aliphatic heterocycles. The van der Waals surface area contributed by atoms with Crippen LogP contribution in [0.25, 0.3) is 6.08 Å². The molecule has 0 aromatic heterocycles. The highest BCUT2D eigenvalue weighted by Gasteiger charge is 2.36. The molecule has 1 aliphatic rings. The number of hydrogen-bond donors (Lipinski definition) is 1. The van der Waals surface area contributed by atoms with Crippen molar-refractivity contribution in [3.8, 4) is 17.2 Å². The maximum Gasteiger partial charge on any atom is 0.335 e. The van der Waals surface area contributed by atoms with Crippen LogP contribution >= 0.6 is 0 Å². The lowest BCUT2D eigenvalue weighted by atomic mass is 10.1. The minimum absolute atomic E-state index is 0.169. The summed E-state index contributed by atoms with van der Waals surface area (Å²) in [5.74, 6) is 0.275. The fraction of sp³-hybridized carbons (Fsp3) is 0.258. The summed E-state index contributed by atoms with van der Waals surface area (Å²) < 4.78 is 22.8. The molecule has 9 heteroatoms. The van der Waals surface area contributed by atoms with E-state index >= 15 is 0 Å². The average molecular weight is 545 g/mol. The number of carbonyl (C=O) groups excluding carboxylic acids is 3. The molecule has 1 heterocycles. The highest BCUT2D eigenvalue weighted by molar-refractivity contribution is 6.39. The van der Waals surface area contributed by atoms with Crippen LogP contribution in [0.5, 0.6) is 17.2 Å². The van der Waals surface area contributed by atoms with Gasteiger partial charge in [0.1, 0.15) is 24.5 Å². The highest BCUT2D eigenvalue weighted by atomic mass is 16.6. The molecule has 0 saturated carbocycles. The van der Waals surface area contributed by atoms with E-state index in [0.717, 1.165) is 16.2 Å². The number of amides is 4. The molecule has 0 spiro atoms. The normalized spacial score (nSPS) is 14.3. The summed E-state index contributed by atoms with van der Waals surface area (Å²) in [5.41, 5.74) is 2.89. The molecule has 4 amide bonds. The van der Waals surface area contributed by atoms with Gasteiger partial charge in [0.15, 0.2) is 11.5 Å². The Bertz CT molecular complexity index is 1380. The molecule has 0 bridgehead atoms. The average Bonchev–Trinajstić information content (AvgIpc) is 2.93.